The van der Waals surface area contributed by atoms with Crippen LogP contribution in [0.5, 0.6) is 0 Å². The average molecular weight is 544 g/mol. The summed E-state index contributed by atoms with van der Waals surface area (Å²) >= 11 is 0. The lowest BCUT2D eigenvalue weighted by Crippen LogP contribution is -2.12. The molecule has 0 N–H and O–H groups in total. The van der Waals surface area contributed by atoms with Gasteiger partial charge in [0.05, 0.1) is 22.8 Å². The molecule has 42 heavy (non-hydrogen) atoms. The SMILES string of the molecule is Cc1ccnc(-c2ccc3c(c2)N(c2cccc(-c4cc(C(C)(C)C)ccn4)c2)c2ccccc2-c2ccccc2-3)c1. The molecular formula is C39H33N3. The van der Waals surface area contributed by atoms with Gasteiger partial charge in [0.2, 0.25) is 0 Å². The summed E-state index contributed by atoms with van der Waals surface area (Å²) in [4.78, 5) is 11.9. The van der Waals surface area contributed by atoms with Gasteiger partial charge in [-0.15, -0.1) is 0 Å². The van der Waals surface area contributed by atoms with Crippen LogP contribution in [0.2, 0.25) is 0 Å². The molecule has 204 valence electrons. The first-order valence-electron chi connectivity index (χ1n) is 14.5. The molecule has 3 nitrogen and oxygen atoms in total. The summed E-state index contributed by atoms with van der Waals surface area (Å²) in [7, 11) is 0. The van der Waals surface area contributed by atoms with Crippen molar-refractivity contribution in [3.05, 3.63) is 139 Å². The lowest BCUT2D eigenvalue weighted by Gasteiger charge is -2.28. The van der Waals surface area contributed by atoms with Crippen LogP contribution >= 0.6 is 0 Å². The first kappa shape index (κ1) is 25.9. The van der Waals surface area contributed by atoms with Crippen molar-refractivity contribution >= 4 is 17.1 Å². The number of aryl methyl sites for hydroxylation is 1. The number of rotatable bonds is 3. The molecule has 4 aromatic carbocycles. The third-order valence-electron chi connectivity index (χ3n) is 8.13. The van der Waals surface area contributed by atoms with Gasteiger partial charge in [0.1, 0.15) is 0 Å². The van der Waals surface area contributed by atoms with Crippen molar-refractivity contribution in [3.8, 4) is 44.8 Å². The highest BCUT2D eigenvalue weighted by molar-refractivity contribution is 6.03. The quantitative estimate of drug-likeness (QED) is 0.222. The minimum absolute atomic E-state index is 0.0456. The van der Waals surface area contributed by atoms with Gasteiger partial charge in [-0.3, -0.25) is 9.97 Å². The van der Waals surface area contributed by atoms with Crippen LogP contribution in [0, 0.1) is 6.92 Å². The monoisotopic (exact) mass is 543 g/mol. The van der Waals surface area contributed by atoms with Crippen LogP contribution in [0.4, 0.5) is 17.1 Å². The zero-order valence-corrected chi connectivity index (χ0v) is 24.5. The molecule has 3 heteroatoms. The maximum atomic E-state index is 4.78. The van der Waals surface area contributed by atoms with Crippen molar-refractivity contribution in [1.82, 2.24) is 9.97 Å². The summed E-state index contributed by atoms with van der Waals surface area (Å²) in [5.74, 6) is 0. The van der Waals surface area contributed by atoms with Crippen LogP contribution in [-0.4, -0.2) is 9.97 Å². The van der Waals surface area contributed by atoms with Crippen molar-refractivity contribution in [2.75, 3.05) is 4.90 Å². The van der Waals surface area contributed by atoms with E-state index >= 15 is 0 Å². The minimum Gasteiger partial charge on any atom is -0.309 e. The second-order valence-corrected chi connectivity index (χ2v) is 12.1. The van der Waals surface area contributed by atoms with E-state index in [1.807, 2.05) is 18.5 Å². The van der Waals surface area contributed by atoms with Crippen LogP contribution < -0.4 is 4.90 Å². The Bertz CT molecular complexity index is 1950. The molecule has 0 saturated carbocycles. The topological polar surface area (TPSA) is 29.0 Å². The van der Waals surface area contributed by atoms with Gasteiger partial charge in [-0.25, -0.2) is 0 Å². The number of hydrogen-bond acceptors (Lipinski definition) is 3. The molecule has 0 atom stereocenters. The lowest BCUT2D eigenvalue weighted by molar-refractivity contribution is 0.589. The summed E-state index contributed by atoms with van der Waals surface area (Å²) < 4.78 is 0. The molecule has 0 fully saturated rings. The van der Waals surface area contributed by atoms with Gasteiger partial charge in [0, 0.05) is 40.3 Å². The Hall–Kier alpha value is -5.02. The predicted octanol–water partition coefficient (Wildman–Crippen LogP) is 10.5. The number of aromatic nitrogens is 2. The van der Waals surface area contributed by atoms with Crippen LogP contribution in [-0.2, 0) is 5.41 Å². The van der Waals surface area contributed by atoms with Crippen LogP contribution in [0.3, 0.4) is 0 Å². The van der Waals surface area contributed by atoms with E-state index in [-0.39, 0.29) is 5.41 Å². The Morgan fingerprint density at radius 2 is 1.17 bits per heavy atom. The number of fused-ring (bicyclic) bond motifs is 5. The molecule has 0 bridgehead atoms. The highest BCUT2D eigenvalue weighted by Gasteiger charge is 2.26. The van der Waals surface area contributed by atoms with Crippen LogP contribution in [0.15, 0.2) is 128 Å². The van der Waals surface area contributed by atoms with Crippen molar-refractivity contribution < 1.29 is 0 Å². The molecule has 0 amide bonds. The molecule has 0 aliphatic carbocycles. The summed E-state index contributed by atoms with van der Waals surface area (Å²) in [5.41, 5.74) is 14.9. The van der Waals surface area contributed by atoms with Gasteiger partial charge in [0.15, 0.2) is 0 Å². The van der Waals surface area contributed by atoms with E-state index in [1.54, 1.807) is 0 Å². The first-order valence-corrected chi connectivity index (χ1v) is 14.5. The van der Waals surface area contributed by atoms with Crippen molar-refractivity contribution in [1.29, 1.82) is 0 Å². The highest BCUT2D eigenvalue weighted by Crippen LogP contribution is 2.51. The molecule has 3 heterocycles. The summed E-state index contributed by atoms with van der Waals surface area (Å²) in [5, 5.41) is 0. The van der Waals surface area contributed by atoms with Gasteiger partial charge in [-0.2, -0.15) is 0 Å². The molecular weight excluding hydrogens is 510 g/mol. The number of hydrogen-bond donors (Lipinski definition) is 0. The fourth-order valence-corrected chi connectivity index (χ4v) is 5.91. The molecule has 6 aromatic rings. The lowest BCUT2D eigenvalue weighted by atomic mass is 9.87. The van der Waals surface area contributed by atoms with Gasteiger partial charge < -0.3 is 4.90 Å². The van der Waals surface area contributed by atoms with Gasteiger partial charge in [-0.05, 0) is 83.1 Å². The Labute approximate surface area is 248 Å². The number of benzene rings is 4. The first-order chi connectivity index (χ1) is 20.4. The van der Waals surface area contributed by atoms with E-state index in [0.717, 1.165) is 39.6 Å². The molecule has 2 aromatic heterocycles. The second-order valence-electron chi connectivity index (χ2n) is 12.1. The predicted molar refractivity (Wildman–Crippen MR) is 175 cm³/mol. The van der Waals surface area contributed by atoms with Crippen LogP contribution in [0.25, 0.3) is 44.8 Å². The summed E-state index contributed by atoms with van der Waals surface area (Å²) in [6.07, 6.45) is 3.82. The maximum absolute atomic E-state index is 4.78. The Morgan fingerprint density at radius 1 is 0.524 bits per heavy atom. The van der Waals surface area contributed by atoms with E-state index < -0.39 is 0 Å². The zero-order chi connectivity index (χ0) is 28.8. The fourth-order valence-electron chi connectivity index (χ4n) is 5.91. The van der Waals surface area contributed by atoms with E-state index in [1.165, 1.54) is 33.4 Å². The highest BCUT2D eigenvalue weighted by atomic mass is 15.1. The summed E-state index contributed by atoms with van der Waals surface area (Å²) in [6, 6.07) is 41.5. The Morgan fingerprint density at radius 3 is 1.90 bits per heavy atom. The average Bonchev–Trinajstić information content (AvgIpc) is 3.13. The third-order valence-corrected chi connectivity index (χ3v) is 8.13. The minimum atomic E-state index is 0.0456. The van der Waals surface area contributed by atoms with Gasteiger partial charge >= 0.3 is 0 Å². The van der Waals surface area contributed by atoms with Crippen molar-refractivity contribution in [2.24, 2.45) is 0 Å². The van der Waals surface area contributed by atoms with E-state index in [9.17, 15) is 0 Å². The zero-order valence-electron chi connectivity index (χ0n) is 24.5. The second kappa shape index (κ2) is 10.1. The Balaban J connectivity index is 1.48. The standard InChI is InChI=1S/C39H33N3/c1-26-18-20-40-35(22-26)28-16-17-34-32-13-6-5-12-31(32)33-14-7-8-15-37(33)42(38(34)24-28)30-11-9-10-27(23-30)36-25-29(19-21-41-36)39(2,3)4/h5-25H,1-4H3. The van der Waals surface area contributed by atoms with E-state index in [4.69, 9.17) is 9.97 Å². The number of nitrogens with zero attached hydrogens (tertiary/aromatic N) is 3. The smallest absolute Gasteiger partial charge is 0.0705 e. The molecule has 1 aliphatic rings. The fraction of sp³-hybridized carbons (Fsp3) is 0.128. The molecule has 0 radical (unpaired) electrons. The normalized spacial score (nSPS) is 12.2. The number of para-hydroxylation sites is 1. The van der Waals surface area contributed by atoms with Gasteiger partial charge in [-0.1, -0.05) is 87.5 Å². The number of anilines is 3. The van der Waals surface area contributed by atoms with E-state index in [2.05, 4.69) is 142 Å². The Kier molecular flexibility index (Phi) is 6.24. The van der Waals surface area contributed by atoms with Crippen molar-refractivity contribution in [2.45, 2.75) is 33.1 Å². The molecule has 0 unspecified atom stereocenters. The van der Waals surface area contributed by atoms with E-state index in [0.29, 0.717) is 0 Å². The van der Waals surface area contributed by atoms with Crippen LogP contribution in [0.1, 0.15) is 31.9 Å². The van der Waals surface area contributed by atoms with Crippen molar-refractivity contribution in [3.63, 3.8) is 0 Å². The molecule has 0 spiro atoms. The molecule has 7 rings (SSSR count). The molecule has 0 saturated heterocycles. The number of pyridine rings is 2. The molecule has 1 aliphatic heterocycles. The third kappa shape index (κ3) is 4.57. The summed E-state index contributed by atoms with van der Waals surface area (Å²) in [6.45, 7) is 8.84. The maximum Gasteiger partial charge on any atom is 0.0705 e. The van der Waals surface area contributed by atoms with Gasteiger partial charge in [0.25, 0.3) is 0 Å². The largest absolute Gasteiger partial charge is 0.309 e.